The number of amides is 1. The standard InChI is InChI=1S/C13H20N2O/c1-3-4-5-11-6-8-12(9-7-11)15-13(16)10-14-2/h6-9,14H,3-5,10H2,1-2H3,(H,15,16). The molecule has 0 aliphatic rings. The minimum atomic E-state index is -0.0104. The molecule has 0 heterocycles. The molecule has 1 aromatic carbocycles. The van der Waals surface area contributed by atoms with E-state index in [1.165, 1.54) is 18.4 Å². The number of carbonyl (C=O) groups is 1. The van der Waals surface area contributed by atoms with Gasteiger partial charge in [0.15, 0.2) is 0 Å². The van der Waals surface area contributed by atoms with Crippen molar-refractivity contribution in [2.45, 2.75) is 26.2 Å². The number of unbranched alkanes of at least 4 members (excludes halogenated alkanes) is 1. The van der Waals surface area contributed by atoms with Crippen molar-refractivity contribution in [2.24, 2.45) is 0 Å². The van der Waals surface area contributed by atoms with Crippen molar-refractivity contribution in [1.29, 1.82) is 0 Å². The Kier molecular flexibility index (Phi) is 5.57. The number of benzene rings is 1. The molecule has 3 nitrogen and oxygen atoms in total. The van der Waals surface area contributed by atoms with Gasteiger partial charge in [-0.05, 0) is 37.6 Å². The molecule has 0 unspecified atom stereocenters. The van der Waals surface area contributed by atoms with Gasteiger partial charge in [0.25, 0.3) is 0 Å². The van der Waals surface area contributed by atoms with Crippen LogP contribution in [0.5, 0.6) is 0 Å². The third-order valence-corrected chi connectivity index (χ3v) is 2.39. The number of aryl methyl sites for hydroxylation is 1. The Morgan fingerprint density at radius 1 is 1.25 bits per heavy atom. The van der Waals surface area contributed by atoms with Crippen LogP contribution in [0.15, 0.2) is 24.3 Å². The lowest BCUT2D eigenvalue weighted by molar-refractivity contribution is -0.115. The monoisotopic (exact) mass is 220 g/mol. The summed E-state index contributed by atoms with van der Waals surface area (Å²) >= 11 is 0. The number of anilines is 1. The number of rotatable bonds is 6. The largest absolute Gasteiger partial charge is 0.325 e. The van der Waals surface area contributed by atoms with Crippen molar-refractivity contribution in [2.75, 3.05) is 18.9 Å². The van der Waals surface area contributed by atoms with E-state index >= 15 is 0 Å². The third-order valence-electron chi connectivity index (χ3n) is 2.39. The summed E-state index contributed by atoms with van der Waals surface area (Å²) in [5.74, 6) is -0.0104. The van der Waals surface area contributed by atoms with Crippen LogP contribution in [-0.2, 0) is 11.2 Å². The predicted octanol–water partition coefficient (Wildman–Crippen LogP) is 2.19. The van der Waals surface area contributed by atoms with E-state index in [2.05, 4.69) is 29.7 Å². The molecule has 88 valence electrons. The Hall–Kier alpha value is -1.35. The molecular formula is C13H20N2O. The minimum Gasteiger partial charge on any atom is -0.325 e. The summed E-state index contributed by atoms with van der Waals surface area (Å²) in [6, 6.07) is 8.06. The summed E-state index contributed by atoms with van der Waals surface area (Å²) in [4.78, 5) is 11.3. The summed E-state index contributed by atoms with van der Waals surface area (Å²) in [7, 11) is 1.76. The first-order valence-corrected chi connectivity index (χ1v) is 5.79. The van der Waals surface area contributed by atoms with E-state index in [0.717, 1.165) is 12.1 Å². The van der Waals surface area contributed by atoms with Crippen LogP contribution in [0.4, 0.5) is 5.69 Å². The van der Waals surface area contributed by atoms with E-state index in [1.54, 1.807) is 7.05 Å². The lowest BCUT2D eigenvalue weighted by atomic mass is 10.1. The summed E-state index contributed by atoms with van der Waals surface area (Å²) in [5, 5.41) is 5.64. The lowest BCUT2D eigenvalue weighted by Gasteiger charge is -2.06. The van der Waals surface area contributed by atoms with Crippen molar-refractivity contribution in [1.82, 2.24) is 5.32 Å². The number of carbonyl (C=O) groups excluding carboxylic acids is 1. The molecule has 0 bridgehead atoms. The van der Waals surface area contributed by atoms with Gasteiger partial charge in [-0.1, -0.05) is 25.5 Å². The fourth-order valence-corrected chi connectivity index (χ4v) is 1.50. The van der Waals surface area contributed by atoms with Crippen LogP contribution in [0.25, 0.3) is 0 Å². The smallest absolute Gasteiger partial charge is 0.238 e. The molecule has 2 N–H and O–H groups in total. The zero-order chi connectivity index (χ0) is 11.8. The molecule has 0 aliphatic heterocycles. The fourth-order valence-electron chi connectivity index (χ4n) is 1.50. The molecule has 0 saturated heterocycles. The van der Waals surface area contributed by atoms with Gasteiger partial charge in [0.2, 0.25) is 5.91 Å². The fraction of sp³-hybridized carbons (Fsp3) is 0.462. The first kappa shape index (κ1) is 12.7. The van der Waals surface area contributed by atoms with Crippen LogP contribution in [0.3, 0.4) is 0 Å². The topological polar surface area (TPSA) is 41.1 Å². The molecule has 3 heteroatoms. The van der Waals surface area contributed by atoms with Gasteiger partial charge in [0.05, 0.1) is 6.54 Å². The van der Waals surface area contributed by atoms with Gasteiger partial charge in [0, 0.05) is 5.69 Å². The number of hydrogen-bond acceptors (Lipinski definition) is 2. The molecule has 1 rings (SSSR count). The van der Waals surface area contributed by atoms with Crippen molar-refractivity contribution >= 4 is 11.6 Å². The average molecular weight is 220 g/mol. The average Bonchev–Trinajstić information content (AvgIpc) is 2.28. The maximum atomic E-state index is 11.3. The summed E-state index contributed by atoms with van der Waals surface area (Å²) < 4.78 is 0. The Labute approximate surface area is 97.2 Å². The highest BCUT2D eigenvalue weighted by molar-refractivity contribution is 5.92. The second kappa shape index (κ2) is 7.01. The molecule has 0 aliphatic carbocycles. The van der Waals surface area contributed by atoms with Crippen LogP contribution < -0.4 is 10.6 Å². The van der Waals surface area contributed by atoms with Gasteiger partial charge >= 0.3 is 0 Å². The van der Waals surface area contributed by atoms with E-state index in [0.29, 0.717) is 6.54 Å². The molecule has 0 atom stereocenters. The molecule has 0 spiro atoms. The highest BCUT2D eigenvalue weighted by Gasteiger charge is 2.00. The number of nitrogens with one attached hydrogen (secondary N) is 2. The maximum absolute atomic E-state index is 11.3. The van der Waals surface area contributed by atoms with E-state index in [4.69, 9.17) is 0 Å². The van der Waals surface area contributed by atoms with Gasteiger partial charge in [-0.15, -0.1) is 0 Å². The first-order valence-electron chi connectivity index (χ1n) is 5.79. The zero-order valence-electron chi connectivity index (χ0n) is 10.0. The second-order valence-electron chi connectivity index (χ2n) is 3.88. The number of likely N-dealkylation sites (N-methyl/N-ethyl adjacent to an activating group) is 1. The van der Waals surface area contributed by atoms with Crippen molar-refractivity contribution in [3.05, 3.63) is 29.8 Å². The first-order chi connectivity index (χ1) is 7.76. The summed E-state index contributed by atoms with van der Waals surface area (Å²) in [6.07, 6.45) is 3.54. The molecule has 0 radical (unpaired) electrons. The van der Waals surface area contributed by atoms with Crippen LogP contribution >= 0.6 is 0 Å². The molecule has 0 fully saturated rings. The maximum Gasteiger partial charge on any atom is 0.238 e. The lowest BCUT2D eigenvalue weighted by Crippen LogP contribution is -2.24. The van der Waals surface area contributed by atoms with Gasteiger partial charge in [-0.25, -0.2) is 0 Å². The van der Waals surface area contributed by atoms with Crippen LogP contribution in [-0.4, -0.2) is 19.5 Å². The van der Waals surface area contributed by atoms with Crippen molar-refractivity contribution in [3.63, 3.8) is 0 Å². The number of hydrogen-bond donors (Lipinski definition) is 2. The molecular weight excluding hydrogens is 200 g/mol. The highest BCUT2D eigenvalue weighted by Crippen LogP contribution is 2.11. The van der Waals surface area contributed by atoms with Crippen molar-refractivity contribution < 1.29 is 4.79 Å². The van der Waals surface area contributed by atoms with E-state index in [-0.39, 0.29) is 5.91 Å². The summed E-state index contributed by atoms with van der Waals surface area (Å²) in [6.45, 7) is 2.53. The van der Waals surface area contributed by atoms with Crippen LogP contribution in [0.1, 0.15) is 25.3 Å². The van der Waals surface area contributed by atoms with Crippen LogP contribution in [0.2, 0.25) is 0 Å². The van der Waals surface area contributed by atoms with E-state index < -0.39 is 0 Å². The Morgan fingerprint density at radius 3 is 2.50 bits per heavy atom. The summed E-state index contributed by atoms with van der Waals surface area (Å²) in [5.41, 5.74) is 2.19. The van der Waals surface area contributed by atoms with E-state index in [9.17, 15) is 4.79 Å². The Balaban J connectivity index is 2.47. The molecule has 1 amide bonds. The van der Waals surface area contributed by atoms with E-state index in [1.807, 2.05) is 12.1 Å². The molecule has 16 heavy (non-hydrogen) atoms. The third kappa shape index (κ3) is 4.45. The Morgan fingerprint density at radius 2 is 1.94 bits per heavy atom. The molecule has 1 aromatic rings. The normalized spacial score (nSPS) is 10.1. The zero-order valence-corrected chi connectivity index (χ0v) is 10.0. The molecule has 0 saturated carbocycles. The highest BCUT2D eigenvalue weighted by atomic mass is 16.1. The van der Waals surface area contributed by atoms with Crippen LogP contribution in [0, 0.1) is 0 Å². The van der Waals surface area contributed by atoms with Gasteiger partial charge in [0.1, 0.15) is 0 Å². The quantitative estimate of drug-likeness (QED) is 0.771. The van der Waals surface area contributed by atoms with Gasteiger partial charge in [-0.2, -0.15) is 0 Å². The molecule has 0 aromatic heterocycles. The second-order valence-corrected chi connectivity index (χ2v) is 3.88. The Bertz CT molecular complexity index is 319. The SMILES string of the molecule is CCCCc1ccc(NC(=O)CNC)cc1. The van der Waals surface area contributed by atoms with Gasteiger partial charge in [-0.3, -0.25) is 4.79 Å². The van der Waals surface area contributed by atoms with Gasteiger partial charge < -0.3 is 10.6 Å². The predicted molar refractivity (Wildman–Crippen MR) is 67.6 cm³/mol. The minimum absolute atomic E-state index is 0.0104. The van der Waals surface area contributed by atoms with Crippen molar-refractivity contribution in [3.8, 4) is 0 Å².